The summed E-state index contributed by atoms with van der Waals surface area (Å²) in [6.45, 7) is 0. The van der Waals surface area contributed by atoms with Gasteiger partial charge in [-0.25, -0.2) is 0 Å². The van der Waals surface area contributed by atoms with Gasteiger partial charge in [0.25, 0.3) is 10.1 Å². The Hall–Kier alpha value is -5.02. The Morgan fingerprint density at radius 3 is 1.48 bits per heavy atom. The molecule has 0 radical (unpaired) electrons. The van der Waals surface area contributed by atoms with E-state index in [0.29, 0.717) is 22.3 Å². The van der Waals surface area contributed by atoms with E-state index in [-0.39, 0.29) is 37.1 Å². The van der Waals surface area contributed by atoms with Crippen molar-refractivity contribution in [3.8, 4) is 28.0 Å². The fraction of sp³-hybridized carbons (Fsp3) is 0. The molecule has 0 aliphatic carbocycles. The maximum absolute atomic E-state index is 14.8. The number of hydrogen-bond donors (Lipinski definition) is 1. The molecule has 7 aromatic rings. The summed E-state index contributed by atoms with van der Waals surface area (Å²) in [5.41, 5.74) is 2.34. The summed E-state index contributed by atoms with van der Waals surface area (Å²) >= 11 is 0. The van der Waals surface area contributed by atoms with Gasteiger partial charge in [-0.15, -0.1) is 0 Å². The van der Waals surface area contributed by atoms with Crippen molar-refractivity contribution in [3.05, 3.63) is 140 Å². The van der Waals surface area contributed by atoms with Crippen molar-refractivity contribution in [1.82, 2.24) is 0 Å². The van der Waals surface area contributed by atoms with Crippen LogP contribution in [-0.2, 0) is 20.2 Å². The lowest BCUT2D eigenvalue weighted by Gasteiger charge is -2.21. The Morgan fingerprint density at radius 1 is 0.477 bits per heavy atom. The average molecular weight is 617 g/mol. The summed E-state index contributed by atoms with van der Waals surface area (Å²) < 4.78 is 71.2. The Bertz CT molecular complexity index is 2380. The predicted octanol–water partition coefficient (Wildman–Crippen LogP) is 8.49. The van der Waals surface area contributed by atoms with Crippen molar-refractivity contribution in [1.29, 1.82) is 0 Å². The molecule has 8 heteroatoms. The molecule has 0 saturated heterocycles. The smallest absolute Gasteiger partial charge is 0.340 e. The van der Waals surface area contributed by atoms with Crippen molar-refractivity contribution in [2.75, 3.05) is 0 Å². The quantitative estimate of drug-likeness (QED) is 0.114. The van der Waals surface area contributed by atoms with E-state index < -0.39 is 20.2 Å². The molecule has 7 rings (SSSR count). The van der Waals surface area contributed by atoms with E-state index in [4.69, 9.17) is 4.18 Å². The van der Waals surface area contributed by atoms with Crippen molar-refractivity contribution in [2.45, 2.75) is 9.79 Å². The van der Waals surface area contributed by atoms with Crippen molar-refractivity contribution < 1.29 is 25.6 Å². The molecule has 0 saturated carbocycles. The zero-order valence-electron chi connectivity index (χ0n) is 23.1. The monoisotopic (exact) mass is 616 g/mol. The third kappa shape index (κ3) is 4.69. The predicted molar refractivity (Wildman–Crippen MR) is 174 cm³/mol. The molecule has 0 heterocycles. The van der Waals surface area contributed by atoms with Gasteiger partial charge in [-0.3, -0.25) is 4.55 Å². The Morgan fingerprint density at radius 2 is 0.932 bits per heavy atom. The first kappa shape index (κ1) is 27.8. The van der Waals surface area contributed by atoms with Crippen LogP contribution < -0.4 is 4.18 Å². The van der Waals surface area contributed by atoms with E-state index >= 15 is 0 Å². The van der Waals surface area contributed by atoms with Gasteiger partial charge >= 0.3 is 10.1 Å². The highest BCUT2D eigenvalue weighted by Gasteiger charge is 2.31. The Kier molecular flexibility index (Phi) is 6.70. The maximum atomic E-state index is 14.8. The summed E-state index contributed by atoms with van der Waals surface area (Å²) in [6, 6.07) is 40.8. The highest BCUT2D eigenvalue weighted by Crippen LogP contribution is 2.45. The highest BCUT2D eigenvalue weighted by atomic mass is 32.2. The molecule has 0 amide bonds. The molecule has 1 N–H and O–H groups in total. The third-order valence-electron chi connectivity index (χ3n) is 7.68. The zero-order valence-corrected chi connectivity index (χ0v) is 24.7. The normalized spacial score (nSPS) is 12.1. The average Bonchev–Trinajstić information content (AvgIpc) is 3.04. The number of hydrogen-bond acceptors (Lipinski definition) is 5. The van der Waals surface area contributed by atoms with Crippen LogP contribution in [0.2, 0.25) is 0 Å². The van der Waals surface area contributed by atoms with Crippen LogP contribution in [0.3, 0.4) is 0 Å². The highest BCUT2D eigenvalue weighted by molar-refractivity contribution is 7.87. The van der Waals surface area contributed by atoms with E-state index in [2.05, 4.69) is 0 Å². The van der Waals surface area contributed by atoms with Crippen LogP contribution in [0.5, 0.6) is 5.75 Å². The second kappa shape index (κ2) is 10.6. The van der Waals surface area contributed by atoms with Gasteiger partial charge in [0.2, 0.25) is 0 Å². The Labute approximate surface area is 254 Å². The molecule has 0 aliphatic rings. The van der Waals surface area contributed by atoms with E-state index in [1.807, 2.05) is 91.0 Å². The third-order valence-corrected chi connectivity index (χ3v) is 9.95. The van der Waals surface area contributed by atoms with Crippen LogP contribution in [0.15, 0.2) is 149 Å². The van der Waals surface area contributed by atoms with Crippen molar-refractivity contribution >= 4 is 52.6 Å². The fourth-order valence-electron chi connectivity index (χ4n) is 5.88. The van der Waals surface area contributed by atoms with Crippen molar-refractivity contribution in [2.24, 2.45) is 0 Å². The van der Waals surface area contributed by atoms with Crippen molar-refractivity contribution in [3.63, 3.8) is 0 Å². The molecule has 44 heavy (non-hydrogen) atoms. The standard InChI is InChI=1S/C36H24O6S2/c37-43(38,39)35-30-21-11-9-19-28(30)34(29-20-10-12-22-31(29)35)42-44(40,41)36-32(24-13-3-1-4-14-24)23-26-17-7-8-18-27(26)33(36)25-15-5-2-6-16-25/h1-23H,(H,37,38,39). The Balaban J connectivity index is 1.59. The summed E-state index contributed by atoms with van der Waals surface area (Å²) in [5, 5.41) is 2.33. The lowest BCUT2D eigenvalue weighted by atomic mass is 9.93. The molecular formula is C36H24O6S2. The molecule has 0 aromatic heterocycles. The molecule has 216 valence electrons. The second-order valence-electron chi connectivity index (χ2n) is 10.3. The molecule has 0 unspecified atom stereocenters. The van der Waals surface area contributed by atoms with Crippen LogP contribution in [0, 0.1) is 0 Å². The first-order chi connectivity index (χ1) is 21.2. The van der Waals surface area contributed by atoms with Gasteiger partial charge in [0.05, 0.1) is 0 Å². The molecule has 7 aromatic carbocycles. The maximum Gasteiger partial charge on any atom is 0.340 e. The summed E-state index contributed by atoms with van der Waals surface area (Å²) in [6.07, 6.45) is 0. The lowest BCUT2D eigenvalue weighted by molar-refractivity contribution is 0.485. The fourth-order valence-corrected chi connectivity index (χ4v) is 8.20. The van der Waals surface area contributed by atoms with Crippen LogP contribution in [0.1, 0.15) is 0 Å². The molecule has 0 fully saturated rings. The first-order valence-electron chi connectivity index (χ1n) is 13.8. The minimum absolute atomic E-state index is 0.0133. The van der Waals surface area contributed by atoms with Gasteiger partial charge < -0.3 is 4.18 Å². The zero-order chi connectivity index (χ0) is 30.5. The van der Waals surface area contributed by atoms with Gasteiger partial charge in [0.15, 0.2) is 5.75 Å². The minimum atomic E-state index is -4.68. The van der Waals surface area contributed by atoms with Crippen LogP contribution >= 0.6 is 0 Å². The number of fused-ring (bicyclic) bond motifs is 3. The number of benzene rings is 7. The van der Waals surface area contributed by atoms with E-state index in [1.54, 1.807) is 36.4 Å². The molecule has 0 aliphatic heterocycles. The molecule has 0 bridgehead atoms. The van der Waals surface area contributed by atoms with E-state index in [9.17, 15) is 21.4 Å². The molecular weight excluding hydrogens is 593 g/mol. The van der Waals surface area contributed by atoms with Crippen LogP contribution in [0.25, 0.3) is 54.6 Å². The van der Waals surface area contributed by atoms with Gasteiger partial charge in [-0.2, -0.15) is 16.8 Å². The SMILES string of the molecule is O=S(=O)(O)c1c2ccccc2c(OS(=O)(=O)c2c(-c3ccccc3)cc3ccccc3c2-c2ccccc2)c2ccccc12. The van der Waals surface area contributed by atoms with Gasteiger partial charge in [-0.05, 0) is 28.0 Å². The first-order valence-corrected chi connectivity index (χ1v) is 16.6. The molecule has 0 spiro atoms. The molecule has 6 nitrogen and oxygen atoms in total. The minimum Gasteiger partial charge on any atom is -0.378 e. The van der Waals surface area contributed by atoms with Gasteiger partial charge in [0, 0.05) is 32.7 Å². The van der Waals surface area contributed by atoms with E-state index in [0.717, 1.165) is 10.8 Å². The molecule has 0 atom stereocenters. The summed E-state index contributed by atoms with van der Waals surface area (Å²) in [4.78, 5) is -0.324. The van der Waals surface area contributed by atoms with Gasteiger partial charge in [-0.1, -0.05) is 133 Å². The largest absolute Gasteiger partial charge is 0.378 e. The van der Waals surface area contributed by atoms with Crippen LogP contribution in [0.4, 0.5) is 0 Å². The van der Waals surface area contributed by atoms with Crippen LogP contribution in [-0.4, -0.2) is 21.4 Å². The van der Waals surface area contributed by atoms with E-state index in [1.165, 1.54) is 12.1 Å². The summed E-state index contributed by atoms with van der Waals surface area (Å²) in [7, 11) is -9.29. The van der Waals surface area contributed by atoms with Gasteiger partial charge in [0.1, 0.15) is 9.79 Å². The number of rotatable bonds is 6. The second-order valence-corrected chi connectivity index (χ2v) is 13.2. The summed E-state index contributed by atoms with van der Waals surface area (Å²) in [5.74, 6) is -0.0326. The topological polar surface area (TPSA) is 97.7 Å². The lowest BCUT2D eigenvalue weighted by Crippen LogP contribution is -2.14.